The molecule has 0 unspecified atom stereocenters. The van der Waals surface area contributed by atoms with Gasteiger partial charge in [0.1, 0.15) is 5.78 Å². The van der Waals surface area contributed by atoms with Crippen LogP contribution in [0.1, 0.15) is 71.3 Å². The highest BCUT2D eigenvalue weighted by atomic mass is 32.2. The van der Waals surface area contributed by atoms with Gasteiger partial charge in [0.05, 0.1) is 11.0 Å². The zero-order valence-corrected chi connectivity index (χ0v) is 21.5. The van der Waals surface area contributed by atoms with E-state index in [0.29, 0.717) is 36.9 Å². The molecule has 7 atom stereocenters. The Kier molecular flexibility index (Phi) is 5.72. The first-order valence-corrected chi connectivity index (χ1v) is 14.1. The highest BCUT2D eigenvalue weighted by molar-refractivity contribution is 7.86. The van der Waals surface area contributed by atoms with Crippen molar-refractivity contribution in [3.05, 3.63) is 41.5 Å². The Labute approximate surface area is 203 Å². The lowest BCUT2D eigenvalue weighted by Gasteiger charge is -2.59. The van der Waals surface area contributed by atoms with Crippen LogP contribution in [0.25, 0.3) is 0 Å². The molecule has 6 heteroatoms. The molecule has 0 saturated heterocycles. The Morgan fingerprint density at radius 1 is 1.09 bits per heavy atom. The molecule has 5 rings (SSSR count). The van der Waals surface area contributed by atoms with Crippen molar-refractivity contribution in [1.29, 1.82) is 0 Å². The third-order valence-corrected chi connectivity index (χ3v) is 11.2. The zero-order chi connectivity index (χ0) is 24.5. The van der Waals surface area contributed by atoms with Crippen molar-refractivity contribution in [2.24, 2.45) is 34.5 Å². The molecule has 4 aliphatic carbocycles. The Balaban J connectivity index is 1.34. The first-order chi connectivity index (χ1) is 16.0. The summed E-state index contributed by atoms with van der Waals surface area (Å²) in [5.41, 5.74) is 1.41. The van der Waals surface area contributed by atoms with E-state index < -0.39 is 10.1 Å². The number of carbonyl (C=O) groups excluding carboxylic acids is 2. The first kappa shape index (κ1) is 23.9. The van der Waals surface area contributed by atoms with Crippen molar-refractivity contribution in [1.82, 2.24) is 0 Å². The van der Waals surface area contributed by atoms with Crippen molar-refractivity contribution in [3.63, 3.8) is 0 Å². The monoisotopic (exact) mass is 484 g/mol. The fraction of sp³-hybridized carbons (Fsp3) is 0.643. The second-order valence-electron chi connectivity index (χ2n) is 11.8. The number of aryl methyl sites for hydroxylation is 1. The van der Waals surface area contributed by atoms with Crippen LogP contribution in [0.5, 0.6) is 0 Å². The Morgan fingerprint density at radius 2 is 1.79 bits per heavy atom. The average molecular weight is 485 g/mol. The van der Waals surface area contributed by atoms with Gasteiger partial charge in [0.2, 0.25) is 0 Å². The van der Waals surface area contributed by atoms with Crippen molar-refractivity contribution < 1.29 is 22.2 Å². The lowest BCUT2D eigenvalue weighted by Crippen LogP contribution is -2.57. The molecule has 0 amide bonds. The second kappa shape index (κ2) is 8.12. The second-order valence-corrected chi connectivity index (χ2v) is 13.3. The molecule has 3 fully saturated rings. The molecular weight excluding hydrogens is 448 g/mol. The van der Waals surface area contributed by atoms with Crippen LogP contribution in [0.3, 0.4) is 0 Å². The minimum Gasteiger partial charge on any atom is -0.299 e. The van der Waals surface area contributed by atoms with Gasteiger partial charge in [0.15, 0.2) is 5.78 Å². The van der Waals surface area contributed by atoms with Crippen LogP contribution in [0.2, 0.25) is 0 Å². The quantitative estimate of drug-likeness (QED) is 0.534. The Morgan fingerprint density at radius 3 is 2.47 bits per heavy atom. The van der Waals surface area contributed by atoms with Crippen LogP contribution in [0, 0.1) is 41.4 Å². The molecular formula is C28H36O5S. The van der Waals surface area contributed by atoms with Gasteiger partial charge in [-0.3, -0.25) is 13.8 Å². The maximum absolute atomic E-state index is 13.7. The predicted octanol–water partition coefficient (Wildman–Crippen LogP) is 5.42. The molecule has 0 bridgehead atoms. The summed E-state index contributed by atoms with van der Waals surface area (Å²) in [6.45, 7) is 7.93. The maximum atomic E-state index is 13.7. The Bertz CT molecular complexity index is 1150. The summed E-state index contributed by atoms with van der Waals surface area (Å²) in [4.78, 5) is 26.2. The number of ketones is 2. The van der Waals surface area contributed by atoms with Crippen molar-refractivity contribution in [2.45, 2.75) is 83.6 Å². The molecule has 1 aromatic carbocycles. The van der Waals surface area contributed by atoms with E-state index in [4.69, 9.17) is 4.18 Å². The van der Waals surface area contributed by atoms with Crippen molar-refractivity contribution >= 4 is 21.7 Å². The molecule has 3 saturated carbocycles. The fourth-order valence-electron chi connectivity index (χ4n) is 8.18. The lowest BCUT2D eigenvalue weighted by atomic mass is 9.44. The van der Waals surface area contributed by atoms with E-state index >= 15 is 0 Å². The molecule has 0 radical (unpaired) electrons. The SMILES string of the molecule is CC(=O)C1=CC[C@H]2[C@@H]3CC[C@H]4C[C@H](OS(=O)(=O)c5ccc(C)cc5)CC[C@]4(C)[C@H]3C(=O)C[C@]12C. The van der Waals surface area contributed by atoms with Gasteiger partial charge < -0.3 is 0 Å². The van der Waals surface area contributed by atoms with E-state index in [2.05, 4.69) is 19.9 Å². The fourth-order valence-corrected chi connectivity index (χ4v) is 9.30. The van der Waals surface area contributed by atoms with E-state index in [1.807, 2.05) is 6.92 Å². The molecule has 184 valence electrons. The van der Waals surface area contributed by atoms with Crippen molar-refractivity contribution in [3.8, 4) is 0 Å². The van der Waals surface area contributed by atoms with Crippen LogP contribution in [-0.4, -0.2) is 26.1 Å². The topological polar surface area (TPSA) is 77.5 Å². The molecule has 1 aromatic rings. The summed E-state index contributed by atoms with van der Waals surface area (Å²) < 4.78 is 31.5. The van der Waals surface area contributed by atoms with Crippen LogP contribution in [-0.2, 0) is 23.9 Å². The van der Waals surface area contributed by atoms with Gasteiger partial charge in [-0.15, -0.1) is 0 Å². The first-order valence-electron chi connectivity index (χ1n) is 12.7. The van der Waals surface area contributed by atoms with E-state index in [-0.39, 0.29) is 39.4 Å². The minimum atomic E-state index is -3.81. The van der Waals surface area contributed by atoms with E-state index in [1.165, 1.54) is 0 Å². The van der Waals surface area contributed by atoms with Gasteiger partial charge in [-0.25, -0.2) is 0 Å². The van der Waals surface area contributed by atoms with Gasteiger partial charge in [-0.2, -0.15) is 8.42 Å². The number of hydrogen-bond acceptors (Lipinski definition) is 5. The molecule has 0 N–H and O–H groups in total. The van der Waals surface area contributed by atoms with Gasteiger partial charge in [0, 0.05) is 17.8 Å². The summed E-state index contributed by atoms with van der Waals surface area (Å²) in [7, 11) is -3.81. The third-order valence-electron chi connectivity index (χ3n) is 9.84. The number of fused-ring (bicyclic) bond motifs is 5. The summed E-state index contributed by atoms with van der Waals surface area (Å²) in [5, 5.41) is 0. The molecule has 0 spiro atoms. The van der Waals surface area contributed by atoms with Gasteiger partial charge in [0.25, 0.3) is 10.1 Å². The van der Waals surface area contributed by atoms with Crippen LogP contribution >= 0.6 is 0 Å². The molecule has 0 aliphatic heterocycles. The highest BCUT2D eigenvalue weighted by Gasteiger charge is 2.62. The molecule has 34 heavy (non-hydrogen) atoms. The third kappa shape index (κ3) is 3.63. The average Bonchev–Trinajstić information content (AvgIpc) is 3.10. The maximum Gasteiger partial charge on any atom is 0.297 e. The van der Waals surface area contributed by atoms with Gasteiger partial charge in [-0.1, -0.05) is 37.6 Å². The number of allylic oxidation sites excluding steroid dienone is 2. The summed E-state index contributed by atoms with van der Waals surface area (Å²) >= 11 is 0. The zero-order valence-electron chi connectivity index (χ0n) is 20.7. The smallest absolute Gasteiger partial charge is 0.297 e. The van der Waals surface area contributed by atoms with E-state index in [9.17, 15) is 18.0 Å². The number of benzene rings is 1. The van der Waals surface area contributed by atoms with Crippen LogP contribution < -0.4 is 0 Å². The number of Topliss-reactive ketones (excluding diaryl/α,β-unsaturated/α-hetero) is 2. The summed E-state index contributed by atoms with van der Waals surface area (Å²) in [6.07, 6.45) is 7.17. The summed E-state index contributed by atoms with van der Waals surface area (Å²) in [5.74, 6) is 1.33. The van der Waals surface area contributed by atoms with Crippen molar-refractivity contribution in [2.75, 3.05) is 0 Å². The Hall–Kier alpha value is -1.79. The molecule has 5 nitrogen and oxygen atoms in total. The van der Waals surface area contributed by atoms with E-state index in [1.54, 1.807) is 31.2 Å². The van der Waals surface area contributed by atoms with E-state index in [0.717, 1.165) is 36.8 Å². The number of rotatable bonds is 4. The highest BCUT2D eigenvalue weighted by Crippen LogP contribution is 2.65. The lowest BCUT2D eigenvalue weighted by molar-refractivity contribution is -0.157. The van der Waals surface area contributed by atoms with Gasteiger partial charge in [-0.05, 0) is 93.2 Å². The molecule has 0 aromatic heterocycles. The van der Waals surface area contributed by atoms with Gasteiger partial charge >= 0.3 is 0 Å². The van der Waals surface area contributed by atoms with Crippen LogP contribution in [0.15, 0.2) is 40.8 Å². The molecule has 4 aliphatic rings. The minimum absolute atomic E-state index is 0.00121. The van der Waals surface area contributed by atoms with Crippen LogP contribution in [0.4, 0.5) is 0 Å². The molecule has 0 heterocycles. The predicted molar refractivity (Wildman–Crippen MR) is 130 cm³/mol. The standard InChI is InChI=1S/C28H36O5S/c1-17-5-8-21(9-6-17)34(31,32)33-20-13-14-27(3)19(15-20)7-10-22-24-12-11-23(18(2)29)28(24,4)16-25(30)26(22)27/h5-6,8-9,11,19-20,22,24,26H,7,10,12-16H2,1-4H3/t19-,20+,22-,24-,26+,27-,28+/m0/s1. The number of carbonyl (C=O) groups is 2. The normalized spacial score (nSPS) is 39.6. The summed E-state index contributed by atoms with van der Waals surface area (Å²) in [6, 6.07) is 6.78. The largest absolute Gasteiger partial charge is 0.299 e. The number of hydrogen-bond donors (Lipinski definition) is 0.